The average molecular weight is 489 g/mol. The first-order valence-electron chi connectivity index (χ1n) is 12.1. The molecule has 0 radical (unpaired) electrons. The minimum absolute atomic E-state index is 0.366. The van der Waals surface area contributed by atoms with Crippen LogP contribution in [0.2, 0.25) is 0 Å². The molecule has 0 aromatic heterocycles. The minimum atomic E-state index is -0.400. The van der Waals surface area contributed by atoms with Crippen molar-refractivity contribution in [2.75, 3.05) is 26.4 Å². The summed E-state index contributed by atoms with van der Waals surface area (Å²) >= 11 is 0. The van der Waals surface area contributed by atoms with Gasteiger partial charge in [-0.25, -0.2) is 9.59 Å². The van der Waals surface area contributed by atoms with Crippen molar-refractivity contribution in [1.82, 2.24) is 0 Å². The Morgan fingerprint density at radius 1 is 0.611 bits per heavy atom. The first-order chi connectivity index (χ1) is 17.6. The Labute approximate surface area is 212 Å². The molecule has 6 nitrogen and oxygen atoms in total. The second-order valence-corrected chi connectivity index (χ2v) is 8.11. The number of ether oxygens (including phenoxy) is 4. The summed E-state index contributed by atoms with van der Waals surface area (Å²) in [5.74, 6) is 0.819. The lowest BCUT2D eigenvalue weighted by Crippen LogP contribution is -2.04. The molecule has 0 heterocycles. The number of hydrogen-bond acceptors (Lipinski definition) is 6. The van der Waals surface area contributed by atoms with Gasteiger partial charge >= 0.3 is 11.9 Å². The molecule has 3 aromatic rings. The van der Waals surface area contributed by atoms with E-state index in [-0.39, 0.29) is 0 Å². The lowest BCUT2D eigenvalue weighted by atomic mass is 10.0. The summed E-state index contributed by atoms with van der Waals surface area (Å²) < 4.78 is 21.7. The van der Waals surface area contributed by atoms with Gasteiger partial charge in [-0.15, -0.1) is 0 Å². The zero-order valence-corrected chi connectivity index (χ0v) is 20.4. The molecule has 0 aliphatic rings. The first kappa shape index (κ1) is 26.5. The third-order valence-electron chi connectivity index (χ3n) is 5.42. The summed E-state index contributed by atoms with van der Waals surface area (Å²) in [7, 11) is 0. The molecular formula is C30H32O6. The Balaban J connectivity index is 1.49. The third-order valence-corrected chi connectivity index (χ3v) is 5.42. The predicted octanol–water partition coefficient (Wildman–Crippen LogP) is 6.28. The van der Waals surface area contributed by atoms with Crippen LogP contribution in [0, 0.1) is 0 Å². The number of carbonyl (C=O) groups excluding carboxylic acids is 2. The van der Waals surface area contributed by atoms with Crippen molar-refractivity contribution in [1.29, 1.82) is 0 Å². The van der Waals surface area contributed by atoms with Crippen LogP contribution in [-0.4, -0.2) is 38.4 Å². The topological polar surface area (TPSA) is 71.1 Å². The van der Waals surface area contributed by atoms with E-state index in [0.29, 0.717) is 26.4 Å². The maximum Gasteiger partial charge on any atom is 0.330 e. The summed E-state index contributed by atoms with van der Waals surface area (Å²) in [5, 5.41) is 2.22. The van der Waals surface area contributed by atoms with Crippen LogP contribution in [0.5, 0.6) is 11.5 Å². The van der Waals surface area contributed by atoms with Crippen LogP contribution in [0.1, 0.15) is 25.7 Å². The summed E-state index contributed by atoms with van der Waals surface area (Å²) in [6, 6.07) is 20.4. The number of unbranched alkanes of at least 4 members (excludes halogenated alkanes) is 2. The van der Waals surface area contributed by atoms with Gasteiger partial charge in [0.05, 0.1) is 26.4 Å². The molecule has 0 saturated heterocycles. The Kier molecular flexibility index (Phi) is 10.6. The Morgan fingerprint density at radius 2 is 1.14 bits per heavy atom. The van der Waals surface area contributed by atoms with E-state index in [1.54, 1.807) is 0 Å². The normalized spacial score (nSPS) is 10.4. The summed E-state index contributed by atoms with van der Waals surface area (Å²) in [5.41, 5.74) is 2.18. The molecule has 3 aromatic carbocycles. The lowest BCUT2D eigenvalue weighted by molar-refractivity contribution is -0.138. The Hall–Kier alpha value is -4.06. The van der Waals surface area contributed by atoms with Crippen LogP contribution in [0.3, 0.4) is 0 Å². The molecule has 0 amide bonds. The molecule has 3 rings (SSSR count). The van der Waals surface area contributed by atoms with Gasteiger partial charge in [0.1, 0.15) is 11.5 Å². The molecule has 0 atom stereocenters. The largest absolute Gasteiger partial charge is 0.494 e. The number of fused-ring (bicyclic) bond motifs is 1. The van der Waals surface area contributed by atoms with Gasteiger partial charge in [-0.05, 0) is 77.9 Å². The molecule has 0 N–H and O–H groups in total. The van der Waals surface area contributed by atoms with E-state index >= 15 is 0 Å². The van der Waals surface area contributed by atoms with Gasteiger partial charge < -0.3 is 18.9 Å². The van der Waals surface area contributed by atoms with Crippen molar-refractivity contribution in [2.45, 2.75) is 25.7 Å². The maximum atomic E-state index is 11.0. The molecule has 0 spiro atoms. The highest BCUT2D eigenvalue weighted by Crippen LogP contribution is 2.29. The van der Waals surface area contributed by atoms with Crippen molar-refractivity contribution < 1.29 is 28.5 Å². The van der Waals surface area contributed by atoms with Crippen LogP contribution in [0.15, 0.2) is 86.0 Å². The molecule has 188 valence electrons. The zero-order valence-electron chi connectivity index (χ0n) is 20.4. The van der Waals surface area contributed by atoms with Crippen molar-refractivity contribution in [3.63, 3.8) is 0 Å². The van der Waals surface area contributed by atoms with Gasteiger partial charge in [-0.1, -0.05) is 43.5 Å². The molecule has 0 aliphatic heterocycles. The van der Waals surface area contributed by atoms with Crippen LogP contribution in [0.4, 0.5) is 0 Å². The Bertz CT molecular complexity index is 1180. The molecule has 36 heavy (non-hydrogen) atoms. The molecule has 0 fully saturated rings. The number of rotatable bonds is 15. The van der Waals surface area contributed by atoms with Crippen molar-refractivity contribution in [3.8, 4) is 22.6 Å². The highest BCUT2D eigenvalue weighted by molar-refractivity contribution is 5.88. The van der Waals surface area contributed by atoms with Crippen molar-refractivity contribution in [3.05, 3.63) is 86.0 Å². The van der Waals surface area contributed by atoms with Crippen LogP contribution >= 0.6 is 0 Å². The Morgan fingerprint density at radius 3 is 1.78 bits per heavy atom. The van der Waals surface area contributed by atoms with E-state index in [2.05, 4.69) is 43.5 Å². The second kappa shape index (κ2) is 14.4. The van der Waals surface area contributed by atoms with E-state index in [1.165, 1.54) is 0 Å². The first-order valence-corrected chi connectivity index (χ1v) is 12.1. The fourth-order valence-electron chi connectivity index (χ4n) is 3.51. The van der Waals surface area contributed by atoms with Gasteiger partial charge in [-0.3, -0.25) is 0 Å². The molecule has 6 heteroatoms. The highest BCUT2D eigenvalue weighted by atomic mass is 16.5. The standard InChI is InChI=1S/C30H32O6/c1-3-29(31)35-18-7-5-16-33-27-11-9-10-23(21-27)24-12-13-26-22-28(15-14-25(26)20-24)34-17-6-8-19-36-30(32)4-2/h3-4,9-15,20-22H,1-2,5-8,16-19H2. The van der Waals surface area contributed by atoms with Crippen LogP contribution < -0.4 is 9.47 Å². The number of hydrogen-bond donors (Lipinski definition) is 0. The fourth-order valence-corrected chi connectivity index (χ4v) is 3.51. The quantitative estimate of drug-likeness (QED) is 0.142. The third kappa shape index (κ3) is 8.62. The van der Waals surface area contributed by atoms with Crippen LogP contribution in [0.25, 0.3) is 21.9 Å². The molecular weight excluding hydrogens is 456 g/mol. The van der Waals surface area contributed by atoms with Gasteiger partial charge in [-0.2, -0.15) is 0 Å². The van der Waals surface area contributed by atoms with Gasteiger partial charge in [0.2, 0.25) is 0 Å². The molecule has 0 saturated carbocycles. The average Bonchev–Trinajstić information content (AvgIpc) is 2.91. The summed E-state index contributed by atoms with van der Waals surface area (Å²) in [4.78, 5) is 22.1. The van der Waals surface area contributed by atoms with Gasteiger partial charge in [0.15, 0.2) is 0 Å². The van der Waals surface area contributed by atoms with Gasteiger partial charge in [0, 0.05) is 12.2 Å². The summed E-state index contributed by atoms with van der Waals surface area (Å²) in [6.07, 6.45) is 5.39. The number of benzene rings is 3. The van der Waals surface area contributed by atoms with E-state index in [1.807, 2.05) is 30.3 Å². The smallest absolute Gasteiger partial charge is 0.330 e. The van der Waals surface area contributed by atoms with E-state index < -0.39 is 11.9 Å². The lowest BCUT2D eigenvalue weighted by Gasteiger charge is -2.10. The van der Waals surface area contributed by atoms with Crippen molar-refractivity contribution in [2.24, 2.45) is 0 Å². The number of esters is 2. The van der Waals surface area contributed by atoms with E-state index in [4.69, 9.17) is 18.9 Å². The van der Waals surface area contributed by atoms with Gasteiger partial charge in [0.25, 0.3) is 0 Å². The molecule has 0 bridgehead atoms. The van der Waals surface area contributed by atoms with Crippen molar-refractivity contribution >= 4 is 22.7 Å². The fraction of sp³-hybridized carbons (Fsp3) is 0.267. The monoisotopic (exact) mass is 488 g/mol. The van der Waals surface area contributed by atoms with Crippen LogP contribution in [-0.2, 0) is 19.1 Å². The maximum absolute atomic E-state index is 11.0. The molecule has 0 aliphatic carbocycles. The number of carbonyl (C=O) groups is 2. The summed E-state index contributed by atoms with van der Waals surface area (Å²) in [6.45, 7) is 8.59. The molecule has 0 unspecified atom stereocenters. The second-order valence-electron chi connectivity index (χ2n) is 8.11. The zero-order chi connectivity index (χ0) is 25.6. The highest BCUT2D eigenvalue weighted by Gasteiger charge is 2.05. The van der Waals surface area contributed by atoms with E-state index in [0.717, 1.165) is 71.2 Å². The van der Waals surface area contributed by atoms with E-state index in [9.17, 15) is 9.59 Å². The SMILES string of the molecule is C=CC(=O)OCCCCOc1cccc(-c2ccc3cc(OCCCCOC(=O)C=C)ccc3c2)c1. The minimum Gasteiger partial charge on any atom is -0.494 e. The predicted molar refractivity (Wildman–Crippen MR) is 141 cm³/mol.